The number of carbonyl (C=O) groups is 1. The Kier molecular flexibility index (Phi) is 7.52. The first-order valence-corrected chi connectivity index (χ1v) is 11.2. The van der Waals surface area contributed by atoms with Crippen molar-refractivity contribution in [2.45, 2.75) is 39.4 Å². The molecule has 0 unspecified atom stereocenters. The molecule has 2 aromatic rings. The second-order valence-electron chi connectivity index (χ2n) is 7.20. The fourth-order valence-corrected chi connectivity index (χ4v) is 4.00. The smallest absolute Gasteiger partial charge is 0.352 e. The van der Waals surface area contributed by atoms with Crippen LogP contribution < -0.4 is 9.62 Å². The van der Waals surface area contributed by atoms with Gasteiger partial charge in [0.05, 0.1) is 17.5 Å². The van der Waals surface area contributed by atoms with Crippen LogP contribution in [0.1, 0.15) is 35.1 Å². The lowest BCUT2D eigenvalue weighted by Gasteiger charge is -2.24. The van der Waals surface area contributed by atoms with Gasteiger partial charge >= 0.3 is 6.18 Å². The molecule has 2 rings (SSSR count). The number of benzene rings is 2. The molecule has 0 saturated heterocycles. The zero-order chi connectivity index (χ0) is 22.5. The van der Waals surface area contributed by atoms with Crippen LogP contribution in [0.2, 0.25) is 0 Å². The maximum Gasteiger partial charge on any atom is 0.416 e. The van der Waals surface area contributed by atoms with Gasteiger partial charge in [-0.3, -0.25) is 9.10 Å². The molecule has 164 valence electrons. The first-order chi connectivity index (χ1) is 13.9. The van der Waals surface area contributed by atoms with Crippen LogP contribution in [0.3, 0.4) is 0 Å². The molecule has 0 aliphatic heterocycles. The average molecular weight is 443 g/mol. The molecule has 0 bridgehead atoms. The molecule has 1 N–H and O–H groups in total. The van der Waals surface area contributed by atoms with Crippen LogP contribution in [0, 0.1) is 13.8 Å². The van der Waals surface area contributed by atoms with E-state index in [2.05, 4.69) is 5.32 Å². The molecule has 0 aliphatic carbocycles. The van der Waals surface area contributed by atoms with Gasteiger partial charge in [0.2, 0.25) is 15.9 Å². The third-order valence-electron chi connectivity index (χ3n) is 4.54. The number of alkyl halides is 3. The van der Waals surface area contributed by atoms with Crippen molar-refractivity contribution in [3.05, 3.63) is 64.7 Å². The van der Waals surface area contributed by atoms with E-state index in [-0.39, 0.29) is 31.8 Å². The second-order valence-corrected chi connectivity index (χ2v) is 9.11. The SMILES string of the molecule is Cc1ccc(C)c(N(CCCC(=O)NCc2cccc(C(F)(F)F)c2)S(C)(=O)=O)c1. The summed E-state index contributed by atoms with van der Waals surface area (Å²) < 4.78 is 64.0. The molecule has 30 heavy (non-hydrogen) atoms. The number of anilines is 1. The van der Waals surface area contributed by atoms with E-state index in [1.165, 1.54) is 16.4 Å². The maximum absolute atomic E-state index is 12.8. The maximum atomic E-state index is 12.8. The van der Waals surface area contributed by atoms with Crippen molar-refractivity contribution in [2.24, 2.45) is 0 Å². The minimum Gasteiger partial charge on any atom is -0.352 e. The van der Waals surface area contributed by atoms with E-state index in [1.54, 1.807) is 6.07 Å². The lowest BCUT2D eigenvalue weighted by atomic mass is 10.1. The fourth-order valence-electron chi connectivity index (χ4n) is 2.98. The monoisotopic (exact) mass is 442 g/mol. The first kappa shape index (κ1) is 23.7. The number of sulfonamides is 1. The van der Waals surface area contributed by atoms with Gasteiger partial charge in [-0.15, -0.1) is 0 Å². The fraction of sp³-hybridized carbons (Fsp3) is 0.381. The van der Waals surface area contributed by atoms with Gasteiger partial charge in [-0.05, 0) is 55.2 Å². The molecular weight excluding hydrogens is 417 g/mol. The van der Waals surface area contributed by atoms with Crippen molar-refractivity contribution < 1.29 is 26.4 Å². The van der Waals surface area contributed by atoms with Gasteiger partial charge < -0.3 is 5.32 Å². The Balaban J connectivity index is 1.94. The van der Waals surface area contributed by atoms with Gasteiger partial charge in [0.15, 0.2) is 0 Å². The Morgan fingerprint density at radius 1 is 1.10 bits per heavy atom. The summed E-state index contributed by atoms with van der Waals surface area (Å²) in [6, 6.07) is 10.3. The number of rotatable bonds is 8. The van der Waals surface area contributed by atoms with E-state index < -0.39 is 21.8 Å². The predicted molar refractivity (Wildman–Crippen MR) is 111 cm³/mol. The minimum atomic E-state index is -4.44. The molecule has 5 nitrogen and oxygen atoms in total. The molecule has 0 atom stereocenters. The number of aryl methyl sites for hydroxylation is 2. The van der Waals surface area contributed by atoms with Crippen molar-refractivity contribution in [3.8, 4) is 0 Å². The van der Waals surface area contributed by atoms with Gasteiger partial charge in [0.25, 0.3) is 0 Å². The molecule has 1 amide bonds. The van der Waals surface area contributed by atoms with E-state index in [0.717, 1.165) is 29.5 Å². The topological polar surface area (TPSA) is 66.5 Å². The van der Waals surface area contributed by atoms with Crippen LogP contribution in [0.15, 0.2) is 42.5 Å². The van der Waals surface area contributed by atoms with Crippen molar-refractivity contribution in [1.82, 2.24) is 5.32 Å². The number of hydrogen-bond acceptors (Lipinski definition) is 3. The highest BCUT2D eigenvalue weighted by atomic mass is 32.2. The molecule has 0 aliphatic rings. The minimum absolute atomic E-state index is 0.0322. The Morgan fingerprint density at radius 3 is 2.43 bits per heavy atom. The number of nitrogens with one attached hydrogen (secondary N) is 1. The number of halogens is 3. The van der Waals surface area contributed by atoms with Crippen LogP contribution in [0.4, 0.5) is 18.9 Å². The van der Waals surface area contributed by atoms with Crippen LogP contribution in [0.25, 0.3) is 0 Å². The highest BCUT2D eigenvalue weighted by Gasteiger charge is 2.30. The quantitative estimate of drug-likeness (QED) is 0.667. The summed E-state index contributed by atoms with van der Waals surface area (Å²) >= 11 is 0. The molecule has 0 saturated carbocycles. The lowest BCUT2D eigenvalue weighted by Crippen LogP contribution is -2.32. The van der Waals surface area contributed by atoms with Gasteiger partial charge in [0, 0.05) is 19.5 Å². The first-order valence-electron chi connectivity index (χ1n) is 9.36. The molecule has 0 aromatic heterocycles. The van der Waals surface area contributed by atoms with Crippen molar-refractivity contribution >= 4 is 21.6 Å². The van der Waals surface area contributed by atoms with Crippen molar-refractivity contribution in [1.29, 1.82) is 0 Å². The van der Waals surface area contributed by atoms with Gasteiger partial charge in [-0.1, -0.05) is 24.3 Å². The summed E-state index contributed by atoms with van der Waals surface area (Å²) in [5.41, 5.74) is 1.86. The molecule has 0 heterocycles. The summed E-state index contributed by atoms with van der Waals surface area (Å²) in [4.78, 5) is 12.1. The summed E-state index contributed by atoms with van der Waals surface area (Å²) in [6.07, 6.45) is -3.00. The Labute approximate surface area is 175 Å². The van der Waals surface area contributed by atoms with E-state index >= 15 is 0 Å². The molecule has 0 radical (unpaired) electrons. The number of hydrogen-bond donors (Lipinski definition) is 1. The van der Waals surface area contributed by atoms with Gasteiger partial charge in [-0.2, -0.15) is 13.2 Å². The molecular formula is C21H25F3N2O3S. The summed E-state index contributed by atoms with van der Waals surface area (Å²) in [7, 11) is -3.53. The third kappa shape index (κ3) is 6.76. The van der Waals surface area contributed by atoms with E-state index in [1.807, 2.05) is 26.0 Å². The van der Waals surface area contributed by atoms with E-state index in [4.69, 9.17) is 0 Å². The molecule has 0 spiro atoms. The average Bonchev–Trinajstić information content (AvgIpc) is 2.64. The molecule has 9 heteroatoms. The van der Waals surface area contributed by atoms with Crippen molar-refractivity contribution in [3.63, 3.8) is 0 Å². The number of nitrogens with zero attached hydrogens (tertiary/aromatic N) is 1. The normalized spacial score (nSPS) is 11.9. The zero-order valence-corrected chi connectivity index (χ0v) is 17.9. The zero-order valence-electron chi connectivity index (χ0n) is 17.1. The standard InChI is InChI=1S/C21H25F3N2O3S/c1-15-9-10-16(2)19(12-15)26(30(3,28)29)11-5-8-20(27)25-14-17-6-4-7-18(13-17)21(22,23)24/h4,6-7,9-10,12-13H,5,8,11,14H2,1-3H3,(H,25,27). The third-order valence-corrected chi connectivity index (χ3v) is 5.72. The summed E-state index contributed by atoms with van der Waals surface area (Å²) in [6.45, 7) is 3.77. The van der Waals surface area contributed by atoms with Crippen LogP contribution in [-0.4, -0.2) is 27.1 Å². The Morgan fingerprint density at radius 2 is 1.80 bits per heavy atom. The van der Waals surface area contributed by atoms with E-state index in [9.17, 15) is 26.4 Å². The number of amides is 1. The Bertz CT molecular complexity index is 1000. The lowest BCUT2D eigenvalue weighted by molar-refractivity contribution is -0.137. The van der Waals surface area contributed by atoms with Gasteiger partial charge in [0.1, 0.15) is 0 Å². The van der Waals surface area contributed by atoms with Crippen LogP contribution in [0.5, 0.6) is 0 Å². The number of carbonyl (C=O) groups excluding carboxylic acids is 1. The Hall–Kier alpha value is -2.55. The van der Waals surface area contributed by atoms with Crippen LogP contribution in [-0.2, 0) is 27.5 Å². The highest BCUT2D eigenvalue weighted by molar-refractivity contribution is 7.92. The largest absolute Gasteiger partial charge is 0.416 e. The predicted octanol–water partition coefficient (Wildman–Crippen LogP) is 4.18. The molecule has 0 fully saturated rings. The summed E-state index contributed by atoms with van der Waals surface area (Å²) in [5.74, 6) is -0.359. The van der Waals surface area contributed by atoms with Gasteiger partial charge in [-0.25, -0.2) is 8.42 Å². The second kappa shape index (κ2) is 9.51. The summed E-state index contributed by atoms with van der Waals surface area (Å²) in [5, 5.41) is 2.58. The van der Waals surface area contributed by atoms with Crippen LogP contribution >= 0.6 is 0 Å². The highest BCUT2D eigenvalue weighted by Crippen LogP contribution is 2.29. The van der Waals surface area contributed by atoms with E-state index in [0.29, 0.717) is 11.3 Å². The van der Waals surface area contributed by atoms with Crippen molar-refractivity contribution in [2.75, 3.05) is 17.1 Å². The molecule has 2 aromatic carbocycles.